The number of nitrogens with zero attached hydrogens (tertiary/aromatic N) is 3. The molecule has 0 fully saturated rings. The van der Waals surface area contributed by atoms with E-state index in [-0.39, 0.29) is 5.69 Å². The molecule has 0 aliphatic carbocycles. The van der Waals surface area contributed by atoms with Crippen LogP contribution in [-0.2, 0) is 6.42 Å². The largest absolute Gasteiger partial charge is 0.493 e. The molecule has 0 aliphatic rings. The van der Waals surface area contributed by atoms with Crippen molar-refractivity contribution in [2.75, 3.05) is 6.61 Å². The van der Waals surface area contributed by atoms with Crippen LogP contribution < -0.4 is 4.74 Å². The first-order chi connectivity index (χ1) is 10.4. The van der Waals surface area contributed by atoms with E-state index in [1.54, 1.807) is 11.3 Å². The van der Waals surface area contributed by atoms with Crippen LogP contribution in [0.25, 0.3) is 11.3 Å². The van der Waals surface area contributed by atoms with Gasteiger partial charge < -0.3 is 4.74 Å². The van der Waals surface area contributed by atoms with Gasteiger partial charge in [0.05, 0.1) is 6.61 Å². The molecule has 1 aromatic carbocycles. The Kier molecular flexibility index (Phi) is 3.94. The van der Waals surface area contributed by atoms with Gasteiger partial charge in [0.15, 0.2) is 5.69 Å². The molecule has 2 heterocycles. The normalized spacial score (nSPS) is 10.2. The molecule has 3 rings (SSSR count). The smallest absolute Gasteiger partial charge is 0.190 e. The van der Waals surface area contributed by atoms with Crippen LogP contribution in [0.3, 0.4) is 0 Å². The molecule has 0 saturated carbocycles. The topological polar surface area (TPSA) is 74.6 Å². The zero-order valence-electron chi connectivity index (χ0n) is 11.1. The molecule has 0 spiro atoms. The number of nitrogens with one attached hydrogen (secondary N) is 1. The molecule has 3 aromatic rings. The Labute approximate surface area is 125 Å². The first-order valence-corrected chi connectivity index (χ1v) is 7.31. The lowest BCUT2D eigenvalue weighted by Crippen LogP contribution is -2.00. The predicted molar refractivity (Wildman–Crippen MR) is 80.1 cm³/mol. The second-order valence-corrected chi connectivity index (χ2v) is 5.37. The van der Waals surface area contributed by atoms with Gasteiger partial charge in [-0.15, -0.1) is 16.4 Å². The van der Waals surface area contributed by atoms with E-state index in [4.69, 9.17) is 10.00 Å². The first kappa shape index (κ1) is 13.3. The summed E-state index contributed by atoms with van der Waals surface area (Å²) in [5.74, 6) is 0.760. The average Bonchev–Trinajstić information content (AvgIpc) is 3.18. The molecule has 5 nitrogen and oxygen atoms in total. The van der Waals surface area contributed by atoms with E-state index in [0.717, 1.165) is 17.7 Å². The van der Waals surface area contributed by atoms with Crippen molar-refractivity contribution in [2.45, 2.75) is 6.42 Å². The maximum atomic E-state index is 8.98. The van der Waals surface area contributed by atoms with Gasteiger partial charge in [0.2, 0.25) is 0 Å². The van der Waals surface area contributed by atoms with E-state index in [2.05, 4.69) is 26.9 Å². The van der Waals surface area contributed by atoms with Crippen molar-refractivity contribution >= 4 is 11.3 Å². The Bertz CT molecular complexity index is 758. The van der Waals surface area contributed by atoms with Gasteiger partial charge in [-0.05, 0) is 23.6 Å². The molecule has 1 N–H and O–H groups in total. The van der Waals surface area contributed by atoms with E-state index in [1.807, 2.05) is 36.4 Å². The lowest BCUT2D eigenvalue weighted by atomic mass is 10.1. The summed E-state index contributed by atoms with van der Waals surface area (Å²) in [5.41, 5.74) is 1.64. The van der Waals surface area contributed by atoms with Crippen molar-refractivity contribution in [3.05, 3.63) is 52.3 Å². The van der Waals surface area contributed by atoms with Gasteiger partial charge >= 0.3 is 0 Å². The third-order valence-corrected chi connectivity index (χ3v) is 3.89. The molecule has 2 aromatic heterocycles. The van der Waals surface area contributed by atoms with E-state index in [0.29, 0.717) is 12.3 Å². The maximum Gasteiger partial charge on any atom is 0.190 e. The highest BCUT2D eigenvalue weighted by molar-refractivity contribution is 7.09. The molecule has 0 bridgehead atoms. The molecule has 0 aliphatic heterocycles. The van der Waals surface area contributed by atoms with Gasteiger partial charge in [-0.25, -0.2) is 0 Å². The Balaban J connectivity index is 1.70. The number of thiophene rings is 1. The number of H-pyrrole nitrogens is 1. The SMILES string of the molecule is N#Cc1n[nH]nc1-c1cccc(OCCc2cccs2)c1. The van der Waals surface area contributed by atoms with Crippen molar-refractivity contribution in [2.24, 2.45) is 0 Å². The average molecular weight is 296 g/mol. The monoisotopic (exact) mass is 296 g/mol. The van der Waals surface area contributed by atoms with E-state index in [9.17, 15) is 0 Å². The fourth-order valence-corrected chi connectivity index (χ4v) is 2.66. The molecular formula is C15H12N4OS. The Morgan fingerprint density at radius 2 is 2.19 bits per heavy atom. The zero-order chi connectivity index (χ0) is 14.5. The van der Waals surface area contributed by atoms with Gasteiger partial charge in [0, 0.05) is 16.9 Å². The number of hydrogen-bond acceptors (Lipinski definition) is 5. The van der Waals surface area contributed by atoms with Gasteiger partial charge in [-0.1, -0.05) is 18.2 Å². The molecule has 0 radical (unpaired) electrons. The first-order valence-electron chi connectivity index (χ1n) is 6.43. The summed E-state index contributed by atoms with van der Waals surface area (Å²) in [6, 6.07) is 13.7. The summed E-state index contributed by atoms with van der Waals surface area (Å²) in [5, 5.41) is 21.3. The van der Waals surface area contributed by atoms with Crippen LogP contribution >= 0.6 is 11.3 Å². The number of aromatic nitrogens is 3. The number of benzene rings is 1. The van der Waals surface area contributed by atoms with Crippen LogP contribution in [-0.4, -0.2) is 22.0 Å². The second-order valence-electron chi connectivity index (χ2n) is 4.34. The minimum atomic E-state index is 0.283. The van der Waals surface area contributed by atoms with Gasteiger partial charge in [0.25, 0.3) is 0 Å². The van der Waals surface area contributed by atoms with Gasteiger partial charge in [-0.2, -0.15) is 15.6 Å². The summed E-state index contributed by atoms with van der Waals surface area (Å²) in [6.45, 7) is 0.619. The highest BCUT2D eigenvalue weighted by Crippen LogP contribution is 2.24. The number of aromatic amines is 1. The van der Waals surface area contributed by atoms with Gasteiger partial charge in [-0.3, -0.25) is 0 Å². The lowest BCUT2D eigenvalue weighted by molar-refractivity contribution is 0.323. The van der Waals surface area contributed by atoms with Crippen molar-refractivity contribution in [3.63, 3.8) is 0 Å². The number of ether oxygens (including phenoxy) is 1. The number of hydrogen-bond donors (Lipinski definition) is 1. The van der Waals surface area contributed by atoms with E-state index in [1.165, 1.54) is 4.88 Å². The fraction of sp³-hybridized carbons (Fsp3) is 0.133. The van der Waals surface area contributed by atoms with Crippen molar-refractivity contribution in [3.8, 4) is 23.1 Å². The summed E-state index contributed by atoms with van der Waals surface area (Å²) in [7, 11) is 0. The summed E-state index contributed by atoms with van der Waals surface area (Å²) in [6.07, 6.45) is 0.884. The minimum absolute atomic E-state index is 0.283. The molecule has 0 amide bonds. The summed E-state index contributed by atoms with van der Waals surface area (Å²) >= 11 is 1.73. The minimum Gasteiger partial charge on any atom is -0.493 e. The van der Waals surface area contributed by atoms with Crippen LogP contribution in [0.1, 0.15) is 10.6 Å². The van der Waals surface area contributed by atoms with Crippen LogP contribution in [0.2, 0.25) is 0 Å². The van der Waals surface area contributed by atoms with E-state index < -0.39 is 0 Å². The molecule has 0 atom stereocenters. The summed E-state index contributed by atoms with van der Waals surface area (Å²) in [4.78, 5) is 1.30. The molecule has 6 heteroatoms. The lowest BCUT2D eigenvalue weighted by Gasteiger charge is -2.06. The zero-order valence-corrected chi connectivity index (χ0v) is 11.9. The van der Waals surface area contributed by atoms with Crippen molar-refractivity contribution in [1.29, 1.82) is 5.26 Å². The highest BCUT2D eigenvalue weighted by Gasteiger charge is 2.10. The Morgan fingerprint density at radius 3 is 3.00 bits per heavy atom. The Morgan fingerprint density at radius 1 is 1.24 bits per heavy atom. The number of nitriles is 1. The van der Waals surface area contributed by atoms with Crippen molar-refractivity contribution in [1.82, 2.24) is 15.4 Å². The maximum absolute atomic E-state index is 8.98. The summed E-state index contributed by atoms with van der Waals surface area (Å²) < 4.78 is 5.76. The molecule has 0 saturated heterocycles. The third kappa shape index (κ3) is 3.09. The Hall–Kier alpha value is -2.65. The molecule has 0 unspecified atom stereocenters. The van der Waals surface area contributed by atoms with Crippen LogP contribution in [0.4, 0.5) is 0 Å². The van der Waals surface area contributed by atoms with Crippen LogP contribution in [0.15, 0.2) is 41.8 Å². The molecule has 104 valence electrons. The predicted octanol–water partition coefficient (Wildman–Crippen LogP) is 3.03. The third-order valence-electron chi connectivity index (χ3n) is 2.96. The molecule has 21 heavy (non-hydrogen) atoms. The van der Waals surface area contributed by atoms with Crippen LogP contribution in [0.5, 0.6) is 5.75 Å². The molecular weight excluding hydrogens is 284 g/mol. The van der Waals surface area contributed by atoms with Crippen LogP contribution in [0, 0.1) is 11.3 Å². The number of rotatable bonds is 5. The van der Waals surface area contributed by atoms with Gasteiger partial charge in [0.1, 0.15) is 17.5 Å². The standard InChI is InChI=1S/C15H12N4OS/c16-10-14-15(18-19-17-14)11-3-1-4-12(9-11)20-7-6-13-5-2-8-21-13/h1-5,8-9H,6-7H2,(H,17,18,19). The fourth-order valence-electron chi connectivity index (χ4n) is 1.97. The van der Waals surface area contributed by atoms with Crippen molar-refractivity contribution < 1.29 is 4.74 Å². The van der Waals surface area contributed by atoms with E-state index >= 15 is 0 Å². The quantitative estimate of drug-likeness (QED) is 0.785. The second kappa shape index (κ2) is 6.20. The highest BCUT2D eigenvalue weighted by atomic mass is 32.1.